The summed E-state index contributed by atoms with van der Waals surface area (Å²) < 4.78 is 0. The van der Waals surface area contributed by atoms with Crippen molar-refractivity contribution in [3.8, 4) is 5.75 Å². The Balaban J connectivity index is 2.38. The van der Waals surface area contributed by atoms with Crippen molar-refractivity contribution in [1.82, 2.24) is 9.88 Å². The molecule has 2 aromatic rings. The van der Waals surface area contributed by atoms with Crippen LogP contribution < -0.4 is 0 Å². The van der Waals surface area contributed by atoms with Gasteiger partial charge in [-0.2, -0.15) is 0 Å². The van der Waals surface area contributed by atoms with E-state index in [4.69, 9.17) is 0 Å². The normalized spacial score (nSPS) is 21.2. The van der Waals surface area contributed by atoms with Gasteiger partial charge in [-0.05, 0) is 38.1 Å². The van der Waals surface area contributed by atoms with Crippen molar-refractivity contribution >= 4 is 10.9 Å². The molecule has 1 aliphatic rings. The van der Waals surface area contributed by atoms with Gasteiger partial charge < -0.3 is 10.1 Å². The minimum atomic E-state index is 0.265. The fraction of sp³-hybridized carbons (Fsp3) is 0.385. The Bertz CT molecular complexity index is 544. The number of benzene rings is 1. The Hall–Kier alpha value is -1.48. The predicted molar refractivity (Wildman–Crippen MR) is 64.7 cm³/mol. The number of hydrogen-bond acceptors (Lipinski definition) is 2. The van der Waals surface area contributed by atoms with Crippen LogP contribution in [-0.2, 0) is 6.42 Å². The molecule has 1 aromatic carbocycles. The SMILES string of the molecule is CC1c2c(O)ccc3[nH]cc(c23)CCN1C. The maximum absolute atomic E-state index is 10.1. The highest BCUT2D eigenvalue weighted by molar-refractivity contribution is 5.89. The lowest BCUT2D eigenvalue weighted by Crippen LogP contribution is -2.23. The Morgan fingerprint density at radius 3 is 3.06 bits per heavy atom. The topological polar surface area (TPSA) is 39.3 Å². The zero-order valence-corrected chi connectivity index (χ0v) is 9.62. The van der Waals surface area contributed by atoms with Crippen LogP contribution in [0, 0.1) is 0 Å². The zero-order valence-electron chi connectivity index (χ0n) is 9.62. The Labute approximate surface area is 94.7 Å². The molecule has 0 saturated heterocycles. The number of H-pyrrole nitrogens is 1. The van der Waals surface area contributed by atoms with Gasteiger partial charge in [0.05, 0.1) is 0 Å². The molecule has 84 valence electrons. The smallest absolute Gasteiger partial charge is 0.121 e. The minimum Gasteiger partial charge on any atom is -0.508 e. The Kier molecular flexibility index (Phi) is 1.98. The molecule has 0 amide bonds. The summed E-state index contributed by atoms with van der Waals surface area (Å²) in [6.07, 6.45) is 3.11. The van der Waals surface area contributed by atoms with Gasteiger partial charge in [0.25, 0.3) is 0 Å². The first-order valence-electron chi connectivity index (χ1n) is 5.70. The number of aromatic nitrogens is 1. The highest BCUT2D eigenvalue weighted by Gasteiger charge is 2.24. The van der Waals surface area contributed by atoms with Gasteiger partial charge in [0, 0.05) is 35.2 Å². The van der Waals surface area contributed by atoms with Crippen LogP contribution in [0.15, 0.2) is 18.3 Å². The molecule has 0 radical (unpaired) electrons. The second kappa shape index (κ2) is 3.25. The first-order valence-corrected chi connectivity index (χ1v) is 5.70. The van der Waals surface area contributed by atoms with Gasteiger partial charge in [-0.25, -0.2) is 0 Å². The largest absolute Gasteiger partial charge is 0.508 e. The maximum atomic E-state index is 10.1. The summed E-state index contributed by atoms with van der Waals surface area (Å²) in [4.78, 5) is 5.57. The molecule has 0 saturated carbocycles. The average molecular weight is 216 g/mol. The first kappa shape index (κ1) is 9.73. The van der Waals surface area contributed by atoms with Crippen molar-refractivity contribution in [3.05, 3.63) is 29.5 Å². The molecule has 1 aromatic heterocycles. The van der Waals surface area contributed by atoms with Crippen molar-refractivity contribution in [2.45, 2.75) is 19.4 Å². The highest BCUT2D eigenvalue weighted by Crippen LogP contribution is 2.38. The summed E-state index contributed by atoms with van der Waals surface area (Å²) >= 11 is 0. The van der Waals surface area contributed by atoms with E-state index in [1.54, 1.807) is 6.07 Å². The molecule has 0 bridgehead atoms. The van der Waals surface area contributed by atoms with Crippen LogP contribution in [0.1, 0.15) is 24.1 Å². The lowest BCUT2D eigenvalue weighted by Gasteiger charge is -2.23. The molecule has 0 aliphatic carbocycles. The van der Waals surface area contributed by atoms with Gasteiger partial charge in [-0.15, -0.1) is 0 Å². The quantitative estimate of drug-likeness (QED) is 0.710. The monoisotopic (exact) mass is 216 g/mol. The standard InChI is InChI=1S/C13H16N2O/c1-8-12-11(16)4-3-10-13(12)9(7-14-10)5-6-15(8)2/h3-4,7-8,14,16H,5-6H2,1-2H3. The van der Waals surface area contributed by atoms with Gasteiger partial charge in [-0.3, -0.25) is 4.90 Å². The van der Waals surface area contributed by atoms with Crippen molar-refractivity contribution in [1.29, 1.82) is 0 Å². The zero-order chi connectivity index (χ0) is 11.3. The molecule has 2 heterocycles. The molecule has 3 rings (SSSR count). The molecular weight excluding hydrogens is 200 g/mol. The Morgan fingerprint density at radius 1 is 1.44 bits per heavy atom. The lowest BCUT2D eigenvalue weighted by atomic mass is 10.00. The molecule has 1 unspecified atom stereocenters. The van der Waals surface area contributed by atoms with E-state index in [1.165, 1.54) is 10.9 Å². The number of nitrogens with one attached hydrogen (secondary N) is 1. The fourth-order valence-corrected chi connectivity index (χ4v) is 2.64. The molecule has 16 heavy (non-hydrogen) atoms. The van der Waals surface area contributed by atoms with Crippen molar-refractivity contribution in [2.75, 3.05) is 13.6 Å². The second-order valence-corrected chi connectivity index (χ2v) is 4.64. The summed E-state index contributed by atoms with van der Waals surface area (Å²) in [7, 11) is 2.11. The van der Waals surface area contributed by atoms with Gasteiger partial charge in [0.2, 0.25) is 0 Å². The third-order valence-corrected chi connectivity index (χ3v) is 3.76. The van der Waals surface area contributed by atoms with Crippen LogP contribution in [0.2, 0.25) is 0 Å². The molecule has 3 nitrogen and oxygen atoms in total. The first-order chi connectivity index (χ1) is 7.68. The molecular formula is C13H16N2O. The second-order valence-electron chi connectivity index (χ2n) is 4.64. The molecule has 0 spiro atoms. The maximum Gasteiger partial charge on any atom is 0.121 e. The van der Waals surface area contributed by atoms with Crippen LogP contribution >= 0.6 is 0 Å². The van der Waals surface area contributed by atoms with E-state index >= 15 is 0 Å². The van der Waals surface area contributed by atoms with Crippen molar-refractivity contribution in [2.24, 2.45) is 0 Å². The van der Waals surface area contributed by atoms with Gasteiger partial charge in [0.15, 0.2) is 0 Å². The molecule has 0 fully saturated rings. The van der Waals surface area contributed by atoms with Crippen molar-refractivity contribution < 1.29 is 5.11 Å². The van der Waals surface area contributed by atoms with Gasteiger partial charge in [-0.1, -0.05) is 0 Å². The van der Waals surface area contributed by atoms with Crippen LogP contribution in [0.25, 0.3) is 10.9 Å². The summed E-state index contributed by atoms with van der Waals surface area (Å²) in [6, 6.07) is 4.00. The third kappa shape index (κ3) is 1.18. The van der Waals surface area contributed by atoms with E-state index in [9.17, 15) is 5.11 Å². The van der Waals surface area contributed by atoms with Crippen LogP contribution in [-0.4, -0.2) is 28.6 Å². The lowest BCUT2D eigenvalue weighted by molar-refractivity contribution is 0.265. The van der Waals surface area contributed by atoms with Gasteiger partial charge >= 0.3 is 0 Å². The predicted octanol–water partition coefficient (Wildman–Crippen LogP) is 2.42. The summed E-state index contributed by atoms with van der Waals surface area (Å²) in [5.41, 5.74) is 3.51. The van der Waals surface area contributed by atoms with Crippen LogP contribution in [0.5, 0.6) is 5.75 Å². The highest BCUT2D eigenvalue weighted by atomic mass is 16.3. The molecule has 2 N–H and O–H groups in total. The molecule has 1 atom stereocenters. The number of hydrogen-bond donors (Lipinski definition) is 2. The summed E-state index contributed by atoms with van der Waals surface area (Å²) in [6.45, 7) is 3.18. The fourth-order valence-electron chi connectivity index (χ4n) is 2.64. The molecule has 1 aliphatic heterocycles. The Morgan fingerprint density at radius 2 is 2.25 bits per heavy atom. The number of likely N-dealkylation sites (N-methyl/N-ethyl adjacent to an activating group) is 1. The van der Waals surface area contributed by atoms with E-state index in [0.717, 1.165) is 24.0 Å². The van der Waals surface area contributed by atoms with E-state index < -0.39 is 0 Å². The average Bonchev–Trinajstić information content (AvgIpc) is 2.63. The number of nitrogens with zero attached hydrogens (tertiary/aromatic N) is 1. The summed E-state index contributed by atoms with van der Waals surface area (Å²) in [5.74, 6) is 0.412. The third-order valence-electron chi connectivity index (χ3n) is 3.76. The van der Waals surface area contributed by atoms with Crippen LogP contribution in [0.3, 0.4) is 0 Å². The van der Waals surface area contributed by atoms with Crippen molar-refractivity contribution in [3.63, 3.8) is 0 Å². The van der Waals surface area contributed by atoms with Crippen LogP contribution in [0.4, 0.5) is 0 Å². The van der Waals surface area contributed by atoms with Gasteiger partial charge in [0.1, 0.15) is 5.75 Å². The van der Waals surface area contributed by atoms with E-state index in [-0.39, 0.29) is 6.04 Å². The number of rotatable bonds is 0. The molecule has 3 heteroatoms. The number of aromatic amines is 1. The number of phenols is 1. The number of aromatic hydroxyl groups is 1. The van der Waals surface area contributed by atoms with E-state index in [2.05, 4.69) is 30.1 Å². The minimum absolute atomic E-state index is 0.265. The van der Waals surface area contributed by atoms with E-state index in [0.29, 0.717) is 5.75 Å². The van der Waals surface area contributed by atoms with E-state index in [1.807, 2.05) is 6.07 Å². The number of phenolic OH excluding ortho intramolecular Hbond substituents is 1. The summed E-state index contributed by atoms with van der Waals surface area (Å²) in [5, 5.41) is 11.3.